The summed E-state index contributed by atoms with van der Waals surface area (Å²) < 4.78 is 25.6. The Morgan fingerprint density at radius 2 is 2.05 bits per heavy atom. The van der Waals surface area contributed by atoms with Crippen LogP contribution in [0.4, 0.5) is 4.39 Å². The van der Waals surface area contributed by atoms with Gasteiger partial charge in [-0.15, -0.1) is 0 Å². The molecule has 0 N–H and O–H groups in total. The minimum absolute atomic E-state index is 0.0646. The molecular formula is C13H12FIN2O2. The summed E-state index contributed by atoms with van der Waals surface area (Å²) in [7, 11) is 0. The zero-order valence-corrected chi connectivity index (χ0v) is 12.3. The molecule has 0 amide bonds. The van der Waals surface area contributed by atoms with E-state index in [4.69, 9.17) is 9.47 Å². The fourth-order valence-electron chi connectivity index (χ4n) is 2.15. The van der Waals surface area contributed by atoms with Crippen molar-refractivity contribution in [2.24, 2.45) is 0 Å². The summed E-state index contributed by atoms with van der Waals surface area (Å²) in [6.45, 7) is 1.37. The van der Waals surface area contributed by atoms with Gasteiger partial charge in [0.2, 0.25) is 0 Å². The van der Waals surface area contributed by atoms with Crippen molar-refractivity contribution < 1.29 is 13.9 Å². The zero-order chi connectivity index (χ0) is 13.2. The molecule has 1 aliphatic rings. The van der Waals surface area contributed by atoms with Crippen LogP contribution in [0.1, 0.15) is 12.8 Å². The monoisotopic (exact) mass is 374 g/mol. The first kappa shape index (κ1) is 13.0. The summed E-state index contributed by atoms with van der Waals surface area (Å²) >= 11 is 2.11. The van der Waals surface area contributed by atoms with Crippen molar-refractivity contribution in [1.82, 2.24) is 9.97 Å². The van der Waals surface area contributed by atoms with Crippen LogP contribution in [0.5, 0.6) is 5.75 Å². The molecule has 0 atom stereocenters. The third kappa shape index (κ3) is 2.79. The Labute approximate surface area is 123 Å². The van der Waals surface area contributed by atoms with Crippen LogP contribution in [0.25, 0.3) is 10.9 Å². The lowest BCUT2D eigenvalue weighted by molar-refractivity contribution is 0.0260. The number of hydrogen-bond donors (Lipinski definition) is 0. The molecule has 1 fully saturated rings. The van der Waals surface area contributed by atoms with Gasteiger partial charge in [-0.05, 0) is 22.6 Å². The number of fused-ring (bicyclic) bond motifs is 1. The Morgan fingerprint density at radius 3 is 2.84 bits per heavy atom. The van der Waals surface area contributed by atoms with Crippen molar-refractivity contribution in [1.29, 1.82) is 0 Å². The van der Waals surface area contributed by atoms with Crippen LogP contribution in [-0.4, -0.2) is 29.3 Å². The molecule has 1 aliphatic heterocycles. The molecule has 3 rings (SSSR count). The maximum atomic E-state index is 13.6. The molecule has 1 saturated heterocycles. The SMILES string of the molecule is Fc1cc(OC2CCOCC2)c2c(I)ncnc2c1. The summed E-state index contributed by atoms with van der Waals surface area (Å²) in [4.78, 5) is 8.24. The minimum atomic E-state index is -0.343. The zero-order valence-electron chi connectivity index (χ0n) is 10.1. The van der Waals surface area contributed by atoms with E-state index in [9.17, 15) is 4.39 Å². The van der Waals surface area contributed by atoms with Gasteiger partial charge in [0.05, 0.1) is 24.1 Å². The number of ether oxygens (including phenoxy) is 2. The molecule has 1 aromatic heterocycles. The van der Waals surface area contributed by atoms with E-state index in [0.717, 1.165) is 21.9 Å². The summed E-state index contributed by atoms with van der Waals surface area (Å²) in [5, 5.41) is 0.774. The molecular weight excluding hydrogens is 362 g/mol. The molecule has 0 aliphatic carbocycles. The second kappa shape index (κ2) is 5.54. The first-order valence-electron chi connectivity index (χ1n) is 6.08. The molecule has 1 aromatic carbocycles. The third-order valence-corrected chi connectivity index (χ3v) is 3.90. The smallest absolute Gasteiger partial charge is 0.134 e. The molecule has 0 saturated carbocycles. The van der Waals surface area contributed by atoms with E-state index in [0.29, 0.717) is 24.5 Å². The Hall–Kier alpha value is -1.02. The molecule has 2 aromatic rings. The summed E-state index contributed by atoms with van der Waals surface area (Å²) in [5.41, 5.74) is 0.571. The number of aromatic nitrogens is 2. The Kier molecular flexibility index (Phi) is 3.79. The summed E-state index contributed by atoms with van der Waals surface area (Å²) in [5.74, 6) is 0.177. The maximum Gasteiger partial charge on any atom is 0.134 e. The van der Waals surface area contributed by atoms with Gasteiger partial charge in [0, 0.05) is 25.0 Å². The molecule has 0 radical (unpaired) electrons. The third-order valence-electron chi connectivity index (χ3n) is 3.08. The van der Waals surface area contributed by atoms with Crippen LogP contribution in [0.3, 0.4) is 0 Å². The fraction of sp³-hybridized carbons (Fsp3) is 0.385. The van der Waals surface area contributed by atoms with Crippen molar-refractivity contribution in [2.45, 2.75) is 18.9 Å². The van der Waals surface area contributed by atoms with Crippen LogP contribution >= 0.6 is 22.6 Å². The van der Waals surface area contributed by atoms with Gasteiger partial charge >= 0.3 is 0 Å². The second-order valence-corrected chi connectivity index (χ2v) is 5.41. The highest BCUT2D eigenvalue weighted by Crippen LogP contribution is 2.30. The van der Waals surface area contributed by atoms with Crippen molar-refractivity contribution in [3.63, 3.8) is 0 Å². The molecule has 4 nitrogen and oxygen atoms in total. The second-order valence-electron chi connectivity index (χ2n) is 4.39. The van der Waals surface area contributed by atoms with E-state index in [1.807, 2.05) is 0 Å². The van der Waals surface area contributed by atoms with Crippen LogP contribution in [0.15, 0.2) is 18.5 Å². The van der Waals surface area contributed by atoms with E-state index < -0.39 is 0 Å². The van der Waals surface area contributed by atoms with Gasteiger partial charge in [0.25, 0.3) is 0 Å². The highest BCUT2D eigenvalue weighted by atomic mass is 127. The molecule has 100 valence electrons. The standard InChI is InChI=1S/C13H12FIN2O2/c14-8-5-10-12(13(15)17-7-16-10)11(6-8)19-9-1-3-18-4-2-9/h5-7,9H,1-4H2. The lowest BCUT2D eigenvalue weighted by Gasteiger charge is -2.24. The lowest BCUT2D eigenvalue weighted by Crippen LogP contribution is -2.26. The van der Waals surface area contributed by atoms with E-state index in [1.54, 1.807) is 0 Å². The lowest BCUT2D eigenvalue weighted by atomic mass is 10.1. The largest absolute Gasteiger partial charge is 0.489 e. The van der Waals surface area contributed by atoms with Crippen molar-refractivity contribution in [3.8, 4) is 5.75 Å². The predicted octanol–water partition coefficient (Wildman–Crippen LogP) is 2.93. The van der Waals surface area contributed by atoms with Crippen LogP contribution < -0.4 is 4.74 Å². The van der Waals surface area contributed by atoms with E-state index in [2.05, 4.69) is 32.6 Å². The Morgan fingerprint density at radius 1 is 1.26 bits per heavy atom. The Bertz CT molecular complexity index is 602. The van der Waals surface area contributed by atoms with Gasteiger partial charge < -0.3 is 9.47 Å². The molecule has 19 heavy (non-hydrogen) atoms. The van der Waals surface area contributed by atoms with Crippen LogP contribution in [-0.2, 0) is 4.74 Å². The molecule has 0 bridgehead atoms. The van der Waals surface area contributed by atoms with E-state index in [1.165, 1.54) is 18.5 Å². The number of hydrogen-bond acceptors (Lipinski definition) is 4. The number of nitrogens with zero attached hydrogens (tertiary/aromatic N) is 2. The van der Waals surface area contributed by atoms with Gasteiger partial charge in [-0.25, -0.2) is 14.4 Å². The average molecular weight is 374 g/mol. The molecule has 6 heteroatoms. The predicted molar refractivity (Wildman–Crippen MR) is 76.7 cm³/mol. The summed E-state index contributed by atoms with van der Waals surface area (Å²) in [6.07, 6.45) is 3.14. The van der Waals surface area contributed by atoms with E-state index >= 15 is 0 Å². The molecule has 2 heterocycles. The van der Waals surface area contributed by atoms with Crippen LogP contribution in [0.2, 0.25) is 0 Å². The maximum absolute atomic E-state index is 13.6. The number of benzene rings is 1. The average Bonchev–Trinajstić information content (AvgIpc) is 2.39. The normalized spacial score (nSPS) is 16.7. The van der Waals surface area contributed by atoms with E-state index in [-0.39, 0.29) is 11.9 Å². The van der Waals surface area contributed by atoms with Gasteiger partial charge in [-0.2, -0.15) is 0 Å². The quantitative estimate of drug-likeness (QED) is 0.599. The van der Waals surface area contributed by atoms with Crippen LogP contribution in [0, 0.1) is 9.52 Å². The molecule has 0 spiro atoms. The summed E-state index contributed by atoms with van der Waals surface area (Å²) in [6, 6.07) is 2.80. The molecule has 0 unspecified atom stereocenters. The topological polar surface area (TPSA) is 44.2 Å². The van der Waals surface area contributed by atoms with Crippen molar-refractivity contribution in [3.05, 3.63) is 28.0 Å². The van der Waals surface area contributed by atoms with Crippen molar-refractivity contribution >= 4 is 33.5 Å². The fourth-order valence-corrected chi connectivity index (χ4v) is 2.82. The van der Waals surface area contributed by atoms with Gasteiger partial charge in [-0.1, -0.05) is 0 Å². The van der Waals surface area contributed by atoms with Crippen molar-refractivity contribution in [2.75, 3.05) is 13.2 Å². The van der Waals surface area contributed by atoms with Gasteiger partial charge in [0.15, 0.2) is 0 Å². The highest BCUT2D eigenvalue weighted by molar-refractivity contribution is 14.1. The van der Waals surface area contributed by atoms with Gasteiger partial charge in [0.1, 0.15) is 27.7 Å². The van der Waals surface area contributed by atoms with Gasteiger partial charge in [-0.3, -0.25) is 0 Å². The number of halogens is 2. The highest BCUT2D eigenvalue weighted by Gasteiger charge is 2.18. The minimum Gasteiger partial charge on any atom is -0.489 e. The number of rotatable bonds is 2. The first-order valence-corrected chi connectivity index (χ1v) is 7.16. The Balaban J connectivity index is 2.01. The first-order chi connectivity index (χ1) is 9.24.